The van der Waals surface area contributed by atoms with E-state index in [9.17, 15) is 4.79 Å². The van der Waals surface area contributed by atoms with Crippen LogP contribution in [-0.2, 0) is 4.79 Å². The largest absolute Gasteiger partial charge is 0.341 e. The second kappa shape index (κ2) is 4.61. The van der Waals surface area contributed by atoms with E-state index in [1.807, 2.05) is 23.9 Å². The molecule has 1 atom stereocenters. The monoisotopic (exact) mass is 184 g/mol. The van der Waals surface area contributed by atoms with E-state index < -0.39 is 0 Å². The van der Waals surface area contributed by atoms with Crippen molar-refractivity contribution in [3.8, 4) is 0 Å². The zero-order valence-corrected chi connectivity index (χ0v) is 8.92. The van der Waals surface area contributed by atoms with Gasteiger partial charge in [-0.25, -0.2) is 0 Å². The minimum absolute atomic E-state index is 0.275. The Bertz CT molecular complexity index is 180. The number of carbonyl (C=O) groups excluding carboxylic acids is 1. The van der Waals surface area contributed by atoms with Crippen molar-refractivity contribution < 1.29 is 4.79 Å². The van der Waals surface area contributed by atoms with Gasteiger partial charge in [-0.05, 0) is 32.9 Å². The van der Waals surface area contributed by atoms with E-state index in [-0.39, 0.29) is 5.91 Å². The van der Waals surface area contributed by atoms with Crippen molar-refractivity contribution in [2.24, 2.45) is 5.92 Å². The highest BCUT2D eigenvalue weighted by Crippen LogP contribution is 2.15. The molecule has 0 aromatic carbocycles. The predicted molar refractivity (Wildman–Crippen MR) is 53.5 cm³/mol. The molecule has 0 N–H and O–H groups in total. The number of hydrogen-bond acceptors (Lipinski definition) is 2. The Kier molecular flexibility index (Phi) is 3.72. The lowest BCUT2D eigenvalue weighted by Crippen LogP contribution is -2.43. The summed E-state index contributed by atoms with van der Waals surface area (Å²) in [4.78, 5) is 15.6. The molecule has 0 bridgehead atoms. The minimum atomic E-state index is 0.275. The molecular formula is C10H20N2O. The third kappa shape index (κ3) is 3.35. The number of rotatable bonds is 2. The first-order valence-corrected chi connectivity index (χ1v) is 5.02. The molecule has 76 valence electrons. The molecule has 0 aliphatic carbocycles. The van der Waals surface area contributed by atoms with Gasteiger partial charge in [0.15, 0.2) is 0 Å². The maximum atomic E-state index is 11.6. The summed E-state index contributed by atoms with van der Waals surface area (Å²) in [5, 5.41) is 0. The van der Waals surface area contributed by atoms with Crippen LogP contribution >= 0.6 is 0 Å². The molecule has 1 amide bonds. The molecule has 0 aromatic rings. The summed E-state index contributed by atoms with van der Waals surface area (Å²) < 4.78 is 0. The number of likely N-dealkylation sites (tertiary alicyclic amines) is 1. The first-order chi connectivity index (χ1) is 6.09. The topological polar surface area (TPSA) is 23.6 Å². The van der Waals surface area contributed by atoms with Gasteiger partial charge in [-0.15, -0.1) is 0 Å². The molecule has 1 aliphatic heterocycles. The van der Waals surface area contributed by atoms with E-state index >= 15 is 0 Å². The summed E-state index contributed by atoms with van der Waals surface area (Å²) in [5.74, 6) is 0.955. The number of nitrogens with zero attached hydrogens (tertiary/aromatic N) is 2. The van der Waals surface area contributed by atoms with E-state index in [1.54, 1.807) is 0 Å². The van der Waals surface area contributed by atoms with Crippen LogP contribution in [0, 0.1) is 5.92 Å². The van der Waals surface area contributed by atoms with E-state index in [1.165, 1.54) is 12.8 Å². The second-order valence-corrected chi connectivity index (χ2v) is 4.32. The van der Waals surface area contributed by atoms with Crippen LogP contribution in [0.5, 0.6) is 0 Å². The van der Waals surface area contributed by atoms with Crippen LogP contribution in [0.4, 0.5) is 0 Å². The fraction of sp³-hybridized carbons (Fsp3) is 0.900. The highest BCUT2D eigenvalue weighted by molar-refractivity contribution is 5.78. The number of likely N-dealkylation sites (N-methyl/N-ethyl adjacent to an activating group) is 1. The molecular weight excluding hydrogens is 164 g/mol. The summed E-state index contributed by atoms with van der Waals surface area (Å²) in [6, 6.07) is 0. The van der Waals surface area contributed by atoms with Crippen molar-refractivity contribution >= 4 is 5.91 Å². The molecule has 1 rings (SSSR count). The van der Waals surface area contributed by atoms with Gasteiger partial charge < -0.3 is 9.80 Å². The van der Waals surface area contributed by atoms with Crippen LogP contribution in [0.2, 0.25) is 0 Å². The Balaban J connectivity index is 2.37. The zero-order chi connectivity index (χ0) is 9.84. The number of hydrogen-bond donors (Lipinski definition) is 0. The predicted octanol–water partition coefficient (Wildman–Crippen LogP) is 0.806. The summed E-state index contributed by atoms with van der Waals surface area (Å²) in [6.45, 7) is 4.67. The summed E-state index contributed by atoms with van der Waals surface area (Å²) >= 11 is 0. The van der Waals surface area contributed by atoms with Gasteiger partial charge in [0.25, 0.3) is 0 Å². The van der Waals surface area contributed by atoms with Gasteiger partial charge in [0.2, 0.25) is 5.91 Å². The molecule has 1 aliphatic rings. The maximum absolute atomic E-state index is 11.6. The van der Waals surface area contributed by atoms with Crippen molar-refractivity contribution in [2.75, 3.05) is 33.7 Å². The molecule has 0 spiro atoms. The molecule has 3 nitrogen and oxygen atoms in total. The van der Waals surface area contributed by atoms with Gasteiger partial charge >= 0.3 is 0 Å². The lowest BCUT2D eigenvalue weighted by atomic mass is 10.0. The fourth-order valence-corrected chi connectivity index (χ4v) is 1.79. The van der Waals surface area contributed by atoms with Crippen molar-refractivity contribution in [3.63, 3.8) is 0 Å². The van der Waals surface area contributed by atoms with Crippen molar-refractivity contribution in [1.82, 2.24) is 9.80 Å². The molecule has 3 heteroatoms. The smallest absolute Gasteiger partial charge is 0.236 e. The molecule has 0 saturated carbocycles. The van der Waals surface area contributed by atoms with Crippen LogP contribution in [-0.4, -0.2) is 49.4 Å². The first-order valence-electron chi connectivity index (χ1n) is 5.02. The molecule has 1 saturated heterocycles. The summed E-state index contributed by atoms with van der Waals surface area (Å²) in [7, 11) is 3.87. The average molecular weight is 184 g/mol. The van der Waals surface area contributed by atoms with Gasteiger partial charge in [-0.2, -0.15) is 0 Å². The minimum Gasteiger partial charge on any atom is -0.341 e. The number of carbonyl (C=O) groups is 1. The van der Waals surface area contributed by atoms with Gasteiger partial charge in [0, 0.05) is 13.1 Å². The van der Waals surface area contributed by atoms with Gasteiger partial charge in [0.05, 0.1) is 6.54 Å². The molecule has 0 radical (unpaired) electrons. The first kappa shape index (κ1) is 10.5. The van der Waals surface area contributed by atoms with E-state index in [4.69, 9.17) is 0 Å². The Morgan fingerprint density at radius 3 is 2.77 bits per heavy atom. The maximum Gasteiger partial charge on any atom is 0.236 e. The highest BCUT2D eigenvalue weighted by atomic mass is 16.2. The third-order valence-electron chi connectivity index (χ3n) is 2.46. The van der Waals surface area contributed by atoms with E-state index in [0.717, 1.165) is 13.1 Å². The Morgan fingerprint density at radius 2 is 2.23 bits per heavy atom. The summed E-state index contributed by atoms with van der Waals surface area (Å²) in [5.41, 5.74) is 0. The molecule has 1 heterocycles. The van der Waals surface area contributed by atoms with Crippen LogP contribution < -0.4 is 0 Å². The third-order valence-corrected chi connectivity index (χ3v) is 2.46. The number of amides is 1. The Morgan fingerprint density at radius 1 is 1.54 bits per heavy atom. The van der Waals surface area contributed by atoms with Gasteiger partial charge in [-0.3, -0.25) is 4.79 Å². The van der Waals surface area contributed by atoms with Crippen molar-refractivity contribution in [3.05, 3.63) is 0 Å². The summed E-state index contributed by atoms with van der Waals surface area (Å²) in [6.07, 6.45) is 2.44. The molecule has 13 heavy (non-hydrogen) atoms. The lowest BCUT2D eigenvalue weighted by Gasteiger charge is -2.31. The SMILES string of the molecule is C[C@@H]1CCCN(C(=O)CN(C)C)C1. The van der Waals surface area contributed by atoms with Crippen molar-refractivity contribution in [2.45, 2.75) is 19.8 Å². The lowest BCUT2D eigenvalue weighted by molar-refractivity contribution is -0.133. The van der Waals surface area contributed by atoms with Crippen molar-refractivity contribution in [1.29, 1.82) is 0 Å². The average Bonchev–Trinajstić information content (AvgIpc) is 2.03. The highest BCUT2D eigenvalue weighted by Gasteiger charge is 2.20. The van der Waals surface area contributed by atoms with Crippen LogP contribution in [0.3, 0.4) is 0 Å². The number of piperidine rings is 1. The Hall–Kier alpha value is -0.570. The molecule has 1 fully saturated rings. The molecule has 0 aromatic heterocycles. The van der Waals surface area contributed by atoms with E-state index in [0.29, 0.717) is 12.5 Å². The normalized spacial score (nSPS) is 23.7. The zero-order valence-electron chi connectivity index (χ0n) is 8.92. The van der Waals surface area contributed by atoms with Crippen LogP contribution in [0.1, 0.15) is 19.8 Å². The fourth-order valence-electron chi connectivity index (χ4n) is 1.79. The standard InChI is InChI=1S/C10H20N2O/c1-9-5-4-6-12(7-9)10(13)8-11(2)3/h9H,4-8H2,1-3H3/t9-/m1/s1. The van der Waals surface area contributed by atoms with Gasteiger partial charge in [-0.1, -0.05) is 6.92 Å². The van der Waals surface area contributed by atoms with Gasteiger partial charge in [0.1, 0.15) is 0 Å². The second-order valence-electron chi connectivity index (χ2n) is 4.32. The van der Waals surface area contributed by atoms with Crippen LogP contribution in [0.15, 0.2) is 0 Å². The quantitative estimate of drug-likeness (QED) is 0.634. The Labute approximate surface area is 80.7 Å². The van der Waals surface area contributed by atoms with E-state index in [2.05, 4.69) is 6.92 Å². The molecule has 0 unspecified atom stereocenters. The van der Waals surface area contributed by atoms with Crippen LogP contribution in [0.25, 0.3) is 0 Å².